The Morgan fingerprint density at radius 1 is 1.56 bits per heavy atom. The normalized spacial score (nSPS) is 12.8. The molecule has 0 aliphatic heterocycles. The maximum absolute atomic E-state index is 11.3. The number of nitrogens with zero attached hydrogens (tertiary/aromatic N) is 2. The van der Waals surface area contributed by atoms with Crippen molar-refractivity contribution in [3.05, 3.63) is 11.6 Å². The Morgan fingerprint density at radius 3 is 2.81 bits per heavy atom. The van der Waals surface area contributed by atoms with Crippen molar-refractivity contribution in [1.82, 2.24) is 15.2 Å². The van der Waals surface area contributed by atoms with E-state index in [1.807, 2.05) is 0 Å². The first-order valence-electron chi connectivity index (χ1n) is 5.39. The minimum atomic E-state index is -0.526. The van der Waals surface area contributed by atoms with Gasteiger partial charge in [-0.2, -0.15) is 0 Å². The van der Waals surface area contributed by atoms with Gasteiger partial charge < -0.3 is 10.5 Å². The van der Waals surface area contributed by atoms with Gasteiger partial charge in [0.05, 0.1) is 12.6 Å². The molecular formula is C10H18N4O2. The minimum Gasteiger partial charge on any atom is -0.460 e. The van der Waals surface area contributed by atoms with E-state index >= 15 is 0 Å². The summed E-state index contributed by atoms with van der Waals surface area (Å²) >= 11 is 0. The topological polar surface area (TPSA) is 93.9 Å². The molecule has 0 aliphatic carbocycles. The van der Waals surface area contributed by atoms with Gasteiger partial charge in [0.25, 0.3) is 5.82 Å². The number of aromatic amines is 1. The first-order valence-corrected chi connectivity index (χ1v) is 5.39. The molecule has 16 heavy (non-hydrogen) atoms. The van der Waals surface area contributed by atoms with Crippen LogP contribution in [0.2, 0.25) is 0 Å². The SMILES string of the molecule is CCOC(=O)c1n[nH]c(C(N)CC(C)C)n1. The zero-order valence-corrected chi connectivity index (χ0v) is 9.86. The number of H-pyrrole nitrogens is 1. The molecular weight excluding hydrogens is 208 g/mol. The predicted octanol–water partition coefficient (Wildman–Crippen LogP) is 1.03. The first-order chi connectivity index (χ1) is 7.54. The van der Waals surface area contributed by atoms with Gasteiger partial charge in [-0.1, -0.05) is 13.8 Å². The smallest absolute Gasteiger partial charge is 0.378 e. The number of hydrogen-bond donors (Lipinski definition) is 2. The third-order valence-electron chi connectivity index (χ3n) is 2.04. The molecule has 0 bridgehead atoms. The Bertz CT molecular complexity index is 348. The maximum Gasteiger partial charge on any atom is 0.378 e. The molecule has 1 unspecified atom stereocenters. The first kappa shape index (κ1) is 12.6. The average Bonchev–Trinajstić information content (AvgIpc) is 2.65. The third kappa shape index (κ3) is 3.30. The van der Waals surface area contributed by atoms with Gasteiger partial charge in [0.1, 0.15) is 5.82 Å². The van der Waals surface area contributed by atoms with Crippen LogP contribution in [0.3, 0.4) is 0 Å². The van der Waals surface area contributed by atoms with Crippen LogP contribution in [0.15, 0.2) is 0 Å². The molecule has 0 saturated carbocycles. The van der Waals surface area contributed by atoms with Crippen LogP contribution in [0.4, 0.5) is 0 Å². The van der Waals surface area contributed by atoms with E-state index in [1.54, 1.807) is 6.92 Å². The Balaban J connectivity index is 2.67. The van der Waals surface area contributed by atoms with Gasteiger partial charge in [-0.25, -0.2) is 9.78 Å². The second-order valence-electron chi connectivity index (χ2n) is 4.00. The van der Waals surface area contributed by atoms with Crippen LogP contribution < -0.4 is 5.73 Å². The van der Waals surface area contributed by atoms with E-state index in [4.69, 9.17) is 10.5 Å². The lowest BCUT2D eigenvalue weighted by Gasteiger charge is -2.09. The summed E-state index contributed by atoms with van der Waals surface area (Å²) in [4.78, 5) is 15.3. The molecule has 1 aromatic heterocycles. The number of esters is 1. The van der Waals surface area contributed by atoms with Crippen molar-refractivity contribution < 1.29 is 9.53 Å². The Kier molecular flexibility index (Phi) is 4.42. The van der Waals surface area contributed by atoms with Gasteiger partial charge in [0.2, 0.25) is 0 Å². The van der Waals surface area contributed by atoms with Gasteiger partial charge in [0, 0.05) is 0 Å². The lowest BCUT2D eigenvalue weighted by atomic mass is 10.0. The Hall–Kier alpha value is -1.43. The highest BCUT2D eigenvalue weighted by Crippen LogP contribution is 2.14. The summed E-state index contributed by atoms with van der Waals surface area (Å²) in [5.41, 5.74) is 5.90. The molecule has 1 aromatic rings. The molecule has 0 aromatic carbocycles. The molecule has 0 spiro atoms. The number of nitrogens with one attached hydrogen (secondary N) is 1. The molecule has 0 aliphatic rings. The van der Waals surface area contributed by atoms with Crippen LogP contribution in [0.25, 0.3) is 0 Å². The molecule has 6 nitrogen and oxygen atoms in total. The van der Waals surface area contributed by atoms with Crippen LogP contribution in [-0.4, -0.2) is 27.8 Å². The largest absolute Gasteiger partial charge is 0.460 e. The highest BCUT2D eigenvalue weighted by molar-refractivity contribution is 5.84. The summed E-state index contributed by atoms with van der Waals surface area (Å²) in [5, 5.41) is 6.44. The highest BCUT2D eigenvalue weighted by Gasteiger charge is 2.17. The zero-order chi connectivity index (χ0) is 12.1. The van der Waals surface area contributed by atoms with Gasteiger partial charge >= 0.3 is 5.97 Å². The quantitative estimate of drug-likeness (QED) is 0.731. The van der Waals surface area contributed by atoms with E-state index in [2.05, 4.69) is 29.0 Å². The van der Waals surface area contributed by atoms with Crippen molar-refractivity contribution in [2.45, 2.75) is 33.2 Å². The molecule has 0 saturated heterocycles. The summed E-state index contributed by atoms with van der Waals surface area (Å²) in [6.45, 7) is 6.18. The van der Waals surface area contributed by atoms with Crippen LogP contribution in [0, 0.1) is 5.92 Å². The van der Waals surface area contributed by atoms with E-state index < -0.39 is 5.97 Å². The summed E-state index contributed by atoms with van der Waals surface area (Å²) in [6, 6.07) is -0.226. The van der Waals surface area contributed by atoms with E-state index in [1.165, 1.54) is 0 Å². The van der Waals surface area contributed by atoms with Gasteiger partial charge in [0.15, 0.2) is 0 Å². The molecule has 1 rings (SSSR count). The average molecular weight is 226 g/mol. The van der Waals surface area contributed by atoms with E-state index in [-0.39, 0.29) is 11.9 Å². The summed E-state index contributed by atoms with van der Waals surface area (Å²) in [5.74, 6) is 0.501. The van der Waals surface area contributed by atoms with Crippen LogP contribution in [0.5, 0.6) is 0 Å². The molecule has 0 fully saturated rings. The van der Waals surface area contributed by atoms with Crippen molar-refractivity contribution in [2.75, 3.05) is 6.61 Å². The van der Waals surface area contributed by atoms with E-state index in [9.17, 15) is 4.79 Å². The van der Waals surface area contributed by atoms with E-state index in [0.717, 1.165) is 6.42 Å². The van der Waals surface area contributed by atoms with Crippen molar-refractivity contribution in [3.8, 4) is 0 Å². The second-order valence-corrected chi connectivity index (χ2v) is 4.00. The minimum absolute atomic E-state index is 0.0380. The number of ether oxygens (including phenoxy) is 1. The molecule has 90 valence electrons. The standard InChI is InChI=1S/C10H18N4O2/c1-4-16-10(15)9-12-8(13-14-9)7(11)5-6(2)3/h6-7H,4-5,11H2,1-3H3,(H,12,13,14). The summed E-state index contributed by atoms with van der Waals surface area (Å²) in [6.07, 6.45) is 0.789. The second kappa shape index (κ2) is 5.60. The molecule has 0 radical (unpaired) electrons. The summed E-state index contributed by atoms with van der Waals surface area (Å²) < 4.78 is 4.78. The number of carbonyl (C=O) groups is 1. The maximum atomic E-state index is 11.3. The molecule has 0 amide bonds. The lowest BCUT2D eigenvalue weighted by Crippen LogP contribution is -2.15. The fourth-order valence-electron chi connectivity index (χ4n) is 1.35. The fraction of sp³-hybridized carbons (Fsp3) is 0.700. The molecule has 1 heterocycles. The van der Waals surface area contributed by atoms with Crippen LogP contribution >= 0.6 is 0 Å². The van der Waals surface area contributed by atoms with Crippen molar-refractivity contribution in [1.29, 1.82) is 0 Å². The Morgan fingerprint density at radius 2 is 2.25 bits per heavy atom. The number of nitrogens with two attached hydrogens (primary N) is 1. The lowest BCUT2D eigenvalue weighted by molar-refractivity contribution is 0.0512. The third-order valence-corrected chi connectivity index (χ3v) is 2.04. The van der Waals surface area contributed by atoms with Gasteiger partial charge in [-0.3, -0.25) is 5.10 Å². The molecule has 1 atom stereocenters. The van der Waals surface area contributed by atoms with Crippen LogP contribution in [0.1, 0.15) is 49.7 Å². The summed E-state index contributed by atoms with van der Waals surface area (Å²) in [7, 11) is 0. The monoisotopic (exact) mass is 226 g/mol. The number of rotatable bonds is 5. The Labute approximate surface area is 94.6 Å². The van der Waals surface area contributed by atoms with Crippen LogP contribution in [-0.2, 0) is 4.74 Å². The van der Waals surface area contributed by atoms with Crippen molar-refractivity contribution in [2.24, 2.45) is 11.7 Å². The number of aromatic nitrogens is 3. The molecule has 6 heteroatoms. The number of hydrogen-bond acceptors (Lipinski definition) is 5. The van der Waals surface area contributed by atoms with Gasteiger partial charge in [-0.15, -0.1) is 5.10 Å². The van der Waals surface area contributed by atoms with E-state index in [0.29, 0.717) is 18.3 Å². The number of carbonyl (C=O) groups excluding carboxylic acids is 1. The molecule has 3 N–H and O–H groups in total. The highest BCUT2D eigenvalue weighted by atomic mass is 16.5. The van der Waals surface area contributed by atoms with Crippen molar-refractivity contribution >= 4 is 5.97 Å². The zero-order valence-electron chi connectivity index (χ0n) is 9.86. The predicted molar refractivity (Wildman–Crippen MR) is 58.7 cm³/mol. The fourth-order valence-corrected chi connectivity index (χ4v) is 1.35. The van der Waals surface area contributed by atoms with Crippen molar-refractivity contribution in [3.63, 3.8) is 0 Å². The van der Waals surface area contributed by atoms with Gasteiger partial charge in [-0.05, 0) is 19.3 Å².